The molecule has 196 valence electrons. The molecule has 2 aromatic carbocycles. The second-order valence-corrected chi connectivity index (χ2v) is 9.25. The molecule has 0 aromatic heterocycles. The molecule has 1 aliphatic heterocycles. The summed E-state index contributed by atoms with van der Waals surface area (Å²) in [6, 6.07) is 9.56. The Hall–Kier alpha value is -2.62. The minimum atomic E-state index is -1.16. The lowest BCUT2D eigenvalue weighted by molar-refractivity contribution is -0.156. The zero-order chi connectivity index (χ0) is 25.7. The smallest absolute Gasteiger partial charge is 0.335 e. The minimum absolute atomic E-state index is 0.188. The van der Waals surface area contributed by atoms with E-state index in [-0.39, 0.29) is 18.1 Å². The fraction of sp³-hybridized carbons (Fsp3) is 0.519. The summed E-state index contributed by atoms with van der Waals surface area (Å²) < 4.78 is 56.9. The van der Waals surface area contributed by atoms with Crippen LogP contribution in [0, 0.1) is 29.3 Å². The van der Waals surface area contributed by atoms with Gasteiger partial charge in [-0.2, -0.15) is 0 Å². The van der Waals surface area contributed by atoms with Gasteiger partial charge in [0.05, 0.1) is 6.61 Å². The van der Waals surface area contributed by atoms with Crippen molar-refractivity contribution in [3.05, 3.63) is 65.0 Å². The summed E-state index contributed by atoms with van der Waals surface area (Å²) in [5, 5.41) is 3.51. The van der Waals surface area contributed by atoms with E-state index in [2.05, 4.69) is 10.2 Å². The molecule has 1 heterocycles. The van der Waals surface area contributed by atoms with Crippen LogP contribution in [-0.2, 0) is 27.2 Å². The van der Waals surface area contributed by atoms with E-state index in [0.717, 1.165) is 30.5 Å². The molecule has 1 saturated heterocycles. The van der Waals surface area contributed by atoms with Crippen LogP contribution in [0.25, 0.3) is 0 Å². The quantitative estimate of drug-likeness (QED) is 0.254. The van der Waals surface area contributed by atoms with Crippen molar-refractivity contribution in [2.45, 2.75) is 39.0 Å². The van der Waals surface area contributed by atoms with E-state index in [1.165, 1.54) is 0 Å². The number of hydrogen-bond donors (Lipinski definition) is 1. The van der Waals surface area contributed by atoms with E-state index in [4.69, 9.17) is 14.2 Å². The molecule has 36 heavy (non-hydrogen) atoms. The van der Waals surface area contributed by atoms with Gasteiger partial charge in [-0.05, 0) is 49.4 Å². The number of benzene rings is 2. The number of rotatable bonds is 13. The molecule has 2 aromatic rings. The molecule has 2 aliphatic rings. The van der Waals surface area contributed by atoms with E-state index in [9.17, 15) is 18.0 Å². The number of carbonyl (C=O) groups excluding carboxylic acids is 1. The standard InChI is InChI=1S/C27H33F3N2O4/c1-3-34-25(27(33)35-4-2)11-17-5-7-19(8-6-17)36-10-9-31-26-20-15-32(16-21(20)26)14-18-12-23(29)24(30)13-22(18)28/h5-8,12-13,20-21,25-26,31H,3-4,9-11,14-16H2,1-2H3/t20-,21?,25-,26?/m0/s1. The highest BCUT2D eigenvalue weighted by Gasteiger charge is 2.55. The number of ether oxygens (including phenoxy) is 3. The van der Waals surface area contributed by atoms with Crippen molar-refractivity contribution in [3.8, 4) is 5.75 Å². The molecule has 2 fully saturated rings. The normalized spacial score (nSPS) is 21.8. The maximum atomic E-state index is 13.9. The van der Waals surface area contributed by atoms with Crippen LogP contribution in [-0.4, -0.2) is 62.5 Å². The molecule has 0 amide bonds. The third kappa shape index (κ3) is 6.57. The summed E-state index contributed by atoms with van der Waals surface area (Å²) in [5.41, 5.74) is 1.15. The maximum Gasteiger partial charge on any atom is 0.335 e. The van der Waals surface area contributed by atoms with Crippen molar-refractivity contribution in [1.29, 1.82) is 0 Å². The first-order chi connectivity index (χ1) is 17.4. The van der Waals surface area contributed by atoms with Crippen LogP contribution >= 0.6 is 0 Å². The number of piperidine rings is 1. The number of nitrogens with one attached hydrogen (secondary N) is 1. The number of likely N-dealkylation sites (tertiary alicyclic amines) is 1. The molecular formula is C27H33F3N2O4. The lowest BCUT2D eigenvalue weighted by Crippen LogP contribution is -2.33. The van der Waals surface area contributed by atoms with Crippen LogP contribution in [0.1, 0.15) is 25.0 Å². The van der Waals surface area contributed by atoms with Gasteiger partial charge in [-0.15, -0.1) is 0 Å². The van der Waals surface area contributed by atoms with E-state index in [1.807, 2.05) is 31.2 Å². The van der Waals surface area contributed by atoms with Gasteiger partial charge in [0.15, 0.2) is 17.7 Å². The molecular weight excluding hydrogens is 473 g/mol. The Bertz CT molecular complexity index is 1020. The van der Waals surface area contributed by atoms with Crippen LogP contribution in [0.3, 0.4) is 0 Å². The van der Waals surface area contributed by atoms with Gasteiger partial charge in [0, 0.05) is 56.9 Å². The number of hydrogen-bond acceptors (Lipinski definition) is 6. The summed E-state index contributed by atoms with van der Waals surface area (Å²) in [6.07, 6.45) is -0.172. The molecule has 1 aliphatic carbocycles. The van der Waals surface area contributed by atoms with Crippen molar-refractivity contribution >= 4 is 5.97 Å². The zero-order valence-electron chi connectivity index (χ0n) is 20.6. The molecule has 6 nitrogen and oxygen atoms in total. The van der Waals surface area contributed by atoms with Gasteiger partial charge in [-0.1, -0.05) is 12.1 Å². The number of nitrogens with zero attached hydrogens (tertiary/aromatic N) is 1. The molecule has 4 atom stereocenters. The zero-order valence-corrected chi connectivity index (χ0v) is 20.6. The van der Waals surface area contributed by atoms with Crippen LogP contribution < -0.4 is 10.1 Å². The van der Waals surface area contributed by atoms with E-state index < -0.39 is 23.6 Å². The molecule has 2 unspecified atom stereocenters. The monoisotopic (exact) mass is 506 g/mol. The Morgan fingerprint density at radius 2 is 1.72 bits per heavy atom. The molecule has 4 rings (SSSR count). The molecule has 0 radical (unpaired) electrons. The average molecular weight is 507 g/mol. The fourth-order valence-electron chi connectivity index (χ4n) is 4.95. The average Bonchev–Trinajstić information content (AvgIpc) is 3.30. The van der Waals surface area contributed by atoms with Crippen molar-refractivity contribution in [2.75, 3.05) is 39.5 Å². The Morgan fingerprint density at radius 3 is 2.39 bits per heavy atom. The summed E-state index contributed by atoms with van der Waals surface area (Å²) in [5.74, 6) is -1.52. The van der Waals surface area contributed by atoms with E-state index in [1.54, 1.807) is 6.92 Å². The van der Waals surface area contributed by atoms with Crippen molar-refractivity contribution < 1.29 is 32.2 Å². The first kappa shape index (κ1) is 26.4. The van der Waals surface area contributed by atoms with Crippen molar-refractivity contribution in [3.63, 3.8) is 0 Å². The minimum Gasteiger partial charge on any atom is -0.492 e. The largest absolute Gasteiger partial charge is 0.492 e. The molecule has 9 heteroatoms. The Morgan fingerprint density at radius 1 is 1.03 bits per heavy atom. The van der Waals surface area contributed by atoms with Gasteiger partial charge < -0.3 is 19.5 Å². The highest BCUT2D eigenvalue weighted by atomic mass is 19.2. The van der Waals surface area contributed by atoms with E-state index in [0.29, 0.717) is 56.7 Å². The molecule has 1 saturated carbocycles. The second-order valence-electron chi connectivity index (χ2n) is 9.25. The molecule has 0 spiro atoms. The third-order valence-electron chi connectivity index (χ3n) is 6.77. The first-order valence-corrected chi connectivity index (χ1v) is 12.5. The maximum absolute atomic E-state index is 13.9. The fourth-order valence-corrected chi connectivity index (χ4v) is 4.95. The van der Waals surface area contributed by atoms with Crippen LogP contribution in [0.2, 0.25) is 0 Å². The first-order valence-electron chi connectivity index (χ1n) is 12.5. The SMILES string of the molecule is CCOC(=O)[C@H](Cc1ccc(OCCNC2C3CN(Cc4cc(F)c(F)cc4F)C[C@@H]32)cc1)OCC. The molecule has 0 bridgehead atoms. The second kappa shape index (κ2) is 12.1. The van der Waals surface area contributed by atoms with Gasteiger partial charge in [0.2, 0.25) is 0 Å². The Kier molecular flexibility index (Phi) is 8.87. The van der Waals surface area contributed by atoms with Gasteiger partial charge in [0.1, 0.15) is 18.2 Å². The topological polar surface area (TPSA) is 60.0 Å². The predicted octanol–water partition coefficient (Wildman–Crippen LogP) is 3.71. The third-order valence-corrected chi connectivity index (χ3v) is 6.77. The summed E-state index contributed by atoms with van der Waals surface area (Å²) in [4.78, 5) is 14.1. The summed E-state index contributed by atoms with van der Waals surface area (Å²) in [7, 11) is 0. The van der Waals surface area contributed by atoms with E-state index >= 15 is 0 Å². The van der Waals surface area contributed by atoms with Crippen LogP contribution in [0.4, 0.5) is 13.2 Å². The number of fused-ring (bicyclic) bond motifs is 1. The van der Waals surface area contributed by atoms with Crippen molar-refractivity contribution in [2.24, 2.45) is 11.8 Å². The van der Waals surface area contributed by atoms with Crippen molar-refractivity contribution in [1.82, 2.24) is 10.2 Å². The van der Waals surface area contributed by atoms with Crippen LogP contribution in [0.15, 0.2) is 36.4 Å². The lowest BCUT2D eigenvalue weighted by Gasteiger charge is -2.20. The number of esters is 1. The molecule has 1 N–H and O–H groups in total. The Labute approximate surface area is 209 Å². The summed E-state index contributed by atoms with van der Waals surface area (Å²) in [6.45, 7) is 7.48. The van der Waals surface area contributed by atoms with Gasteiger partial charge in [-0.25, -0.2) is 18.0 Å². The number of carbonyl (C=O) groups is 1. The Balaban J connectivity index is 1.14. The highest BCUT2D eigenvalue weighted by Crippen LogP contribution is 2.45. The van der Waals surface area contributed by atoms with Gasteiger partial charge in [-0.3, -0.25) is 4.90 Å². The number of halogens is 3. The van der Waals surface area contributed by atoms with Gasteiger partial charge in [0.25, 0.3) is 0 Å². The van der Waals surface area contributed by atoms with Gasteiger partial charge >= 0.3 is 5.97 Å². The summed E-state index contributed by atoms with van der Waals surface area (Å²) >= 11 is 0. The lowest BCUT2D eigenvalue weighted by atomic mass is 10.1. The highest BCUT2D eigenvalue weighted by molar-refractivity contribution is 5.75. The van der Waals surface area contributed by atoms with Crippen LogP contribution in [0.5, 0.6) is 5.75 Å². The predicted molar refractivity (Wildman–Crippen MR) is 128 cm³/mol.